The maximum Gasteiger partial charge on any atom is 0.324 e. The largest absolute Gasteiger partial charge is 0.508 e. The molecule has 326 valence electrons. The number of carbonyl (C=O) groups excluding carboxylic acids is 4. The number of hydrazine groups is 1. The number of methoxy groups -OCH3 is 1. The third-order valence-electron chi connectivity index (χ3n) is 12.4. The number of nitrogens with zero attached hydrogens (tertiary/aromatic N) is 4. The third-order valence-corrected chi connectivity index (χ3v) is 12.4. The van der Waals surface area contributed by atoms with Crippen molar-refractivity contribution in [3.8, 4) is 28.1 Å². The van der Waals surface area contributed by atoms with Gasteiger partial charge < -0.3 is 34.7 Å². The van der Waals surface area contributed by atoms with Gasteiger partial charge in [0.25, 0.3) is 5.91 Å². The zero-order chi connectivity index (χ0) is 43.6. The summed E-state index contributed by atoms with van der Waals surface area (Å²) in [4.78, 5) is 62.4. The van der Waals surface area contributed by atoms with Gasteiger partial charge in [0.05, 0.1) is 24.8 Å². The molecule has 61 heavy (non-hydrogen) atoms. The average molecular weight is 836 g/mol. The third kappa shape index (κ3) is 9.31. The Morgan fingerprint density at radius 2 is 1.92 bits per heavy atom. The van der Waals surface area contributed by atoms with Crippen molar-refractivity contribution in [3.63, 3.8) is 0 Å². The van der Waals surface area contributed by atoms with E-state index >= 15 is 0 Å². The molecule has 14 nitrogen and oxygen atoms in total. The number of aromatic hydroxyl groups is 1. The zero-order valence-electron chi connectivity index (χ0n) is 36.5. The molecule has 4 N–H and O–H groups in total. The highest BCUT2D eigenvalue weighted by Gasteiger charge is 2.39. The number of pyridine rings is 1. The molecule has 0 radical (unpaired) electrons. The summed E-state index contributed by atoms with van der Waals surface area (Å²) in [6.07, 6.45) is 5.95. The van der Waals surface area contributed by atoms with Gasteiger partial charge in [0.1, 0.15) is 23.9 Å². The predicted octanol–water partition coefficient (Wildman–Crippen LogP) is 4.98. The van der Waals surface area contributed by atoms with E-state index in [1.807, 2.05) is 38.2 Å². The molecule has 3 aliphatic heterocycles. The van der Waals surface area contributed by atoms with Crippen LogP contribution in [0.3, 0.4) is 0 Å². The summed E-state index contributed by atoms with van der Waals surface area (Å²) in [6.45, 7) is 12.9. The average Bonchev–Trinajstić information content (AvgIpc) is 3.88. The van der Waals surface area contributed by atoms with Crippen LogP contribution in [0.4, 0.5) is 0 Å². The molecule has 2 fully saturated rings. The molecule has 6 bridgehead atoms. The molecule has 2 aromatic carbocycles. The van der Waals surface area contributed by atoms with Gasteiger partial charge in [-0.3, -0.25) is 29.2 Å². The number of hydrogen-bond acceptors (Lipinski definition) is 10. The first-order valence-electron chi connectivity index (χ1n) is 21.6. The van der Waals surface area contributed by atoms with Crippen LogP contribution < -0.4 is 16.1 Å². The summed E-state index contributed by atoms with van der Waals surface area (Å²) in [5.41, 5.74) is 9.92. The van der Waals surface area contributed by atoms with Crippen molar-refractivity contribution in [1.29, 1.82) is 0 Å². The summed E-state index contributed by atoms with van der Waals surface area (Å²) < 4.78 is 14.0. The molecule has 0 aliphatic carbocycles. The van der Waals surface area contributed by atoms with Crippen molar-refractivity contribution in [1.82, 2.24) is 35.5 Å². The van der Waals surface area contributed by atoms with Crippen molar-refractivity contribution in [3.05, 3.63) is 71.5 Å². The van der Waals surface area contributed by atoms with Crippen molar-refractivity contribution < 1.29 is 33.8 Å². The molecular weight excluding hydrogens is 775 g/mol. The van der Waals surface area contributed by atoms with Gasteiger partial charge in [-0.2, -0.15) is 0 Å². The molecule has 4 aromatic rings. The number of aryl methyl sites for hydroxylation is 1. The molecule has 14 heteroatoms. The lowest BCUT2D eigenvalue weighted by Crippen LogP contribution is -2.62. The number of carbonyl (C=O) groups is 4. The van der Waals surface area contributed by atoms with E-state index in [1.54, 1.807) is 32.5 Å². The first kappa shape index (κ1) is 43.8. The Balaban J connectivity index is 1.34. The number of phenolic OH excluding ortho intramolecular Hbond substituents is 1. The second kappa shape index (κ2) is 18.3. The first-order chi connectivity index (χ1) is 29.2. The zero-order valence-corrected chi connectivity index (χ0v) is 36.5. The summed E-state index contributed by atoms with van der Waals surface area (Å²) in [7, 11) is 3.33. The highest BCUT2D eigenvalue weighted by molar-refractivity contribution is 5.96. The van der Waals surface area contributed by atoms with E-state index in [2.05, 4.69) is 58.5 Å². The van der Waals surface area contributed by atoms with Gasteiger partial charge in [0.2, 0.25) is 11.8 Å². The van der Waals surface area contributed by atoms with E-state index in [9.17, 15) is 24.3 Å². The molecule has 0 saturated carbocycles. The van der Waals surface area contributed by atoms with E-state index in [1.165, 1.54) is 9.91 Å². The number of hydrogen-bond donors (Lipinski definition) is 4. The molecular formula is C47H61N7O7. The van der Waals surface area contributed by atoms with E-state index in [0.29, 0.717) is 57.5 Å². The van der Waals surface area contributed by atoms with Gasteiger partial charge in [-0.25, -0.2) is 5.43 Å². The van der Waals surface area contributed by atoms with Gasteiger partial charge in [-0.1, -0.05) is 39.8 Å². The minimum atomic E-state index is -1.10. The SMILES string of the molecule is CCn1c(-c2cnccc2COC)c2c3cc(ccc31)-c1cc(O)cc(c1)C[C@H](NC(=O)[C@H](C(C)C)N(C)C(=O)[C@H]1CCNC1)C(=O)N1CCC[C@H](N1)C(=O)OCC(C)(C)C2. The number of ether oxygens (including phenoxy) is 2. The fraction of sp³-hybridized carbons (Fsp3) is 0.511. The number of amides is 3. The van der Waals surface area contributed by atoms with E-state index < -0.39 is 41.3 Å². The second-order valence-corrected chi connectivity index (χ2v) is 18.0. The molecule has 0 unspecified atom stereocenters. The number of aromatic nitrogens is 2. The van der Waals surface area contributed by atoms with Gasteiger partial charge >= 0.3 is 5.97 Å². The molecule has 3 aliphatic rings. The minimum absolute atomic E-state index is 0.0155. The second-order valence-electron chi connectivity index (χ2n) is 18.0. The minimum Gasteiger partial charge on any atom is -0.508 e. The summed E-state index contributed by atoms with van der Waals surface area (Å²) in [5, 5.41) is 19.9. The lowest BCUT2D eigenvalue weighted by Gasteiger charge is -2.37. The Morgan fingerprint density at radius 3 is 2.64 bits per heavy atom. The summed E-state index contributed by atoms with van der Waals surface area (Å²) in [5.74, 6) is -1.93. The van der Waals surface area contributed by atoms with Crippen LogP contribution in [0.2, 0.25) is 0 Å². The standard InChI is InChI=1S/C47H61N7O7/c1-8-53-40-12-11-30-22-35(40)36(42(53)37-25-49-16-14-32(37)26-60-7)23-47(4,5)27-61-46(59)38-10-9-17-54(51-38)45(58)39(20-29-18-33(30)21-34(55)19-29)50-43(56)41(28(2)3)52(6)44(57)31-13-15-48-24-31/h11-12,14,16,18-19,21-22,25,28,31,38-39,41,48,51,55H,8-10,13,15,17,20,23-24,26-27H2,1-7H3,(H,50,56)/t31-,38-,39-,41-/m0/s1. The fourth-order valence-electron chi connectivity index (χ4n) is 9.40. The molecule has 7 rings (SSSR count). The topological polar surface area (TPSA) is 167 Å². The fourth-order valence-corrected chi connectivity index (χ4v) is 9.40. The van der Waals surface area contributed by atoms with Crippen molar-refractivity contribution in [2.24, 2.45) is 17.3 Å². The molecule has 4 atom stereocenters. The number of nitrogens with one attached hydrogen (secondary N) is 3. The van der Waals surface area contributed by atoms with Gasteiger partial charge in [0.15, 0.2) is 0 Å². The first-order valence-corrected chi connectivity index (χ1v) is 21.6. The number of phenols is 1. The van der Waals surface area contributed by atoms with Crippen LogP contribution in [0.25, 0.3) is 33.3 Å². The number of cyclic esters (lactones) is 1. The van der Waals surface area contributed by atoms with Crippen LogP contribution in [0.1, 0.15) is 70.6 Å². The lowest BCUT2D eigenvalue weighted by molar-refractivity contribution is -0.155. The van der Waals surface area contributed by atoms with Gasteiger partial charge in [-0.05, 0) is 103 Å². The monoisotopic (exact) mass is 835 g/mol. The Labute approximate surface area is 358 Å². The summed E-state index contributed by atoms with van der Waals surface area (Å²) >= 11 is 0. The molecule has 0 spiro atoms. The summed E-state index contributed by atoms with van der Waals surface area (Å²) in [6, 6.07) is 10.8. The number of esters is 1. The van der Waals surface area contributed by atoms with Crippen molar-refractivity contribution >= 4 is 34.6 Å². The Kier molecular flexibility index (Phi) is 13.2. The number of likely N-dealkylation sites (N-methyl/N-ethyl adjacent to an activating group) is 1. The van der Waals surface area contributed by atoms with Crippen molar-refractivity contribution in [2.45, 2.75) is 98.0 Å². The normalized spacial score (nSPS) is 21.2. The maximum absolute atomic E-state index is 14.6. The quantitative estimate of drug-likeness (QED) is 0.169. The van der Waals surface area contributed by atoms with E-state index in [-0.39, 0.29) is 36.5 Å². The molecule has 3 amide bonds. The predicted molar refractivity (Wildman–Crippen MR) is 233 cm³/mol. The van der Waals surface area contributed by atoms with Crippen LogP contribution in [0, 0.1) is 17.3 Å². The maximum atomic E-state index is 14.6. The van der Waals surface area contributed by atoms with Gasteiger partial charge in [-0.15, -0.1) is 0 Å². The van der Waals surface area contributed by atoms with Crippen molar-refractivity contribution in [2.75, 3.05) is 40.4 Å². The van der Waals surface area contributed by atoms with Crippen LogP contribution in [0.15, 0.2) is 54.9 Å². The van der Waals surface area contributed by atoms with Crippen LogP contribution in [-0.2, 0) is 54.6 Å². The highest BCUT2D eigenvalue weighted by Crippen LogP contribution is 2.41. The lowest BCUT2D eigenvalue weighted by atomic mass is 9.84. The van der Waals surface area contributed by atoms with E-state index in [0.717, 1.165) is 51.0 Å². The molecule has 2 aromatic heterocycles. The Morgan fingerprint density at radius 1 is 1.11 bits per heavy atom. The number of benzene rings is 2. The number of rotatable bonds is 9. The van der Waals surface area contributed by atoms with E-state index in [4.69, 9.17) is 9.47 Å². The Hall–Kier alpha value is -5.31. The number of fused-ring (bicyclic) bond motifs is 6. The molecule has 5 heterocycles. The highest BCUT2D eigenvalue weighted by atomic mass is 16.5. The Bertz CT molecular complexity index is 2280. The molecule has 2 saturated heterocycles. The van der Waals surface area contributed by atoms with Gasteiger partial charge in [0, 0.05) is 74.5 Å². The van der Waals surface area contributed by atoms with Crippen LogP contribution >= 0.6 is 0 Å². The van der Waals surface area contributed by atoms with Crippen LogP contribution in [0.5, 0.6) is 5.75 Å². The van der Waals surface area contributed by atoms with Crippen LogP contribution in [-0.4, -0.2) is 107 Å². The smallest absolute Gasteiger partial charge is 0.324 e.